The van der Waals surface area contributed by atoms with Gasteiger partial charge in [0.2, 0.25) is 0 Å². The summed E-state index contributed by atoms with van der Waals surface area (Å²) >= 11 is 0. The molecule has 1 amide bonds. The van der Waals surface area contributed by atoms with Crippen molar-refractivity contribution >= 4 is 5.91 Å². The summed E-state index contributed by atoms with van der Waals surface area (Å²) in [6, 6.07) is 0. The van der Waals surface area contributed by atoms with Gasteiger partial charge >= 0.3 is 0 Å². The van der Waals surface area contributed by atoms with Gasteiger partial charge < -0.3 is 15.0 Å². The predicted molar refractivity (Wildman–Crippen MR) is 69.7 cm³/mol. The van der Waals surface area contributed by atoms with Crippen LogP contribution in [0.25, 0.3) is 0 Å². The second-order valence-electron chi connectivity index (χ2n) is 4.33. The summed E-state index contributed by atoms with van der Waals surface area (Å²) in [4.78, 5) is 13.4. The van der Waals surface area contributed by atoms with E-state index in [-0.39, 0.29) is 12.5 Å². The van der Waals surface area contributed by atoms with Gasteiger partial charge in [0.05, 0.1) is 5.69 Å². The predicted octanol–water partition coefficient (Wildman–Crippen LogP) is 0.0935. The van der Waals surface area contributed by atoms with Crippen LogP contribution in [-0.2, 0) is 11.8 Å². The van der Waals surface area contributed by atoms with Crippen LogP contribution in [0.5, 0.6) is 5.75 Å². The molecule has 0 saturated carbocycles. The maximum atomic E-state index is 11.8. The quantitative estimate of drug-likeness (QED) is 0.782. The lowest BCUT2D eigenvalue weighted by Crippen LogP contribution is -2.36. The first kappa shape index (κ1) is 14.5. The second-order valence-corrected chi connectivity index (χ2v) is 4.33. The number of carbonyl (C=O) groups excluding carboxylic acids is 1. The highest BCUT2D eigenvalue weighted by Gasteiger charge is 2.14. The number of hydrogen-bond donors (Lipinski definition) is 1. The Bertz CT molecular complexity index is 414. The summed E-state index contributed by atoms with van der Waals surface area (Å²) in [7, 11) is 5.49. The maximum absolute atomic E-state index is 11.8. The van der Waals surface area contributed by atoms with Gasteiger partial charge in [-0.15, -0.1) is 0 Å². The van der Waals surface area contributed by atoms with E-state index in [1.165, 1.54) is 0 Å². The van der Waals surface area contributed by atoms with Crippen molar-refractivity contribution in [1.82, 2.24) is 20.0 Å². The molecule has 1 aromatic rings. The van der Waals surface area contributed by atoms with E-state index in [1.807, 2.05) is 27.9 Å². The van der Waals surface area contributed by atoms with Crippen LogP contribution in [0.4, 0.5) is 0 Å². The molecular formula is C12H22N4O2. The van der Waals surface area contributed by atoms with Gasteiger partial charge in [-0.1, -0.05) is 0 Å². The number of likely N-dealkylation sites (N-methyl/N-ethyl adjacent to an activating group) is 2. The molecule has 0 aliphatic rings. The Labute approximate surface area is 108 Å². The minimum absolute atomic E-state index is 0.0343. The first-order chi connectivity index (χ1) is 8.47. The van der Waals surface area contributed by atoms with Crippen molar-refractivity contribution in [3.8, 4) is 5.75 Å². The van der Waals surface area contributed by atoms with Crippen LogP contribution in [0.1, 0.15) is 11.4 Å². The van der Waals surface area contributed by atoms with E-state index in [2.05, 4.69) is 10.4 Å². The third-order valence-electron chi connectivity index (χ3n) is 2.91. The molecule has 0 atom stereocenters. The van der Waals surface area contributed by atoms with E-state index in [0.717, 1.165) is 17.9 Å². The van der Waals surface area contributed by atoms with Crippen LogP contribution in [0.2, 0.25) is 0 Å². The molecule has 1 heterocycles. The number of aromatic nitrogens is 2. The van der Waals surface area contributed by atoms with Crippen LogP contribution in [0.15, 0.2) is 0 Å². The Morgan fingerprint density at radius 3 is 2.67 bits per heavy atom. The van der Waals surface area contributed by atoms with E-state index in [4.69, 9.17) is 4.74 Å². The molecule has 0 aromatic carbocycles. The molecule has 0 bridgehead atoms. The van der Waals surface area contributed by atoms with E-state index in [0.29, 0.717) is 12.3 Å². The molecule has 0 aliphatic carbocycles. The molecule has 1 N–H and O–H groups in total. The van der Waals surface area contributed by atoms with Gasteiger partial charge in [0, 0.05) is 27.2 Å². The van der Waals surface area contributed by atoms with Crippen molar-refractivity contribution in [2.45, 2.75) is 13.8 Å². The van der Waals surface area contributed by atoms with Gasteiger partial charge in [-0.3, -0.25) is 9.48 Å². The van der Waals surface area contributed by atoms with Gasteiger partial charge in [0.15, 0.2) is 12.4 Å². The van der Waals surface area contributed by atoms with E-state index < -0.39 is 0 Å². The minimum atomic E-state index is -0.0343. The van der Waals surface area contributed by atoms with Crippen LogP contribution >= 0.6 is 0 Å². The molecule has 6 nitrogen and oxygen atoms in total. The van der Waals surface area contributed by atoms with Crippen molar-refractivity contribution < 1.29 is 9.53 Å². The smallest absolute Gasteiger partial charge is 0.260 e. The van der Waals surface area contributed by atoms with Gasteiger partial charge in [0.1, 0.15) is 5.69 Å². The number of ether oxygens (including phenoxy) is 1. The molecule has 0 unspecified atom stereocenters. The normalized spacial score (nSPS) is 10.5. The zero-order valence-corrected chi connectivity index (χ0v) is 11.8. The SMILES string of the molecule is CNCCN(C)C(=O)COc1c(C)nn(C)c1C. The van der Waals surface area contributed by atoms with Crippen molar-refractivity contribution in [3.63, 3.8) is 0 Å². The highest BCUT2D eigenvalue weighted by atomic mass is 16.5. The molecule has 102 valence electrons. The Morgan fingerprint density at radius 1 is 1.50 bits per heavy atom. The zero-order valence-electron chi connectivity index (χ0n) is 11.8. The second kappa shape index (κ2) is 6.39. The Morgan fingerprint density at radius 2 is 2.17 bits per heavy atom. The highest BCUT2D eigenvalue weighted by Crippen LogP contribution is 2.21. The summed E-state index contributed by atoms with van der Waals surface area (Å²) in [6.45, 7) is 5.28. The third-order valence-corrected chi connectivity index (χ3v) is 2.91. The van der Waals surface area contributed by atoms with E-state index in [1.54, 1.807) is 16.6 Å². The van der Waals surface area contributed by atoms with Crippen LogP contribution in [-0.4, -0.2) is 54.4 Å². The standard InChI is InChI=1S/C12H22N4O2/c1-9-12(10(2)16(5)14-9)18-8-11(17)15(4)7-6-13-3/h13H,6-8H2,1-5H3. The summed E-state index contributed by atoms with van der Waals surface area (Å²) in [5.74, 6) is 0.667. The molecule has 0 fully saturated rings. The summed E-state index contributed by atoms with van der Waals surface area (Å²) in [5.41, 5.74) is 1.74. The Kier molecular flexibility index (Phi) is 5.15. The molecule has 0 aliphatic heterocycles. The number of nitrogens with one attached hydrogen (secondary N) is 1. The molecule has 1 aromatic heterocycles. The Hall–Kier alpha value is -1.56. The van der Waals surface area contributed by atoms with Crippen molar-refractivity contribution in [3.05, 3.63) is 11.4 Å². The van der Waals surface area contributed by atoms with E-state index in [9.17, 15) is 4.79 Å². The van der Waals surface area contributed by atoms with Crippen molar-refractivity contribution in [2.75, 3.05) is 33.8 Å². The number of aryl methyl sites for hydroxylation is 2. The van der Waals surface area contributed by atoms with Crippen molar-refractivity contribution in [1.29, 1.82) is 0 Å². The molecular weight excluding hydrogens is 232 g/mol. The maximum Gasteiger partial charge on any atom is 0.260 e. The number of rotatable bonds is 6. The number of amides is 1. The fourth-order valence-electron chi connectivity index (χ4n) is 1.61. The lowest BCUT2D eigenvalue weighted by molar-refractivity contribution is -0.132. The Balaban J connectivity index is 2.52. The lowest BCUT2D eigenvalue weighted by atomic mass is 10.3. The minimum Gasteiger partial charge on any atom is -0.480 e. The van der Waals surface area contributed by atoms with Crippen LogP contribution in [0, 0.1) is 13.8 Å². The number of hydrogen-bond acceptors (Lipinski definition) is 4. The fraction of sp³-hybridized carbons (Fsp3) is 0.667. The molecule has 1 rings (SSSR count). The monoisotopic (exact) mass is 254 g/mol. The molecule has 0 radical (unpaired) electrons. The van der Waals surface area contributed by atoms with E-state index >= 15 is 0 Å². The average molecular weight is 254 g/mol. The third kappa shape index (κ3) is 3.46. The van der Waals surface area contributed by atoms with Crippen LogP contribution in [0.3, 0.4) is 0 Å². The van der Waals surface area contributed by atoms with Gasteiger partial charge in [-0.25, -0.2) is 0 Å². The first-order valence-electron chi connectivity index (χ1n) is 5.99. The van der Waals surface area contributed by atoms with Crippen molar-refractivity contribution in [2.24, 2.45) is 7.05 Å². The van der Waals surface area contributed by atoms with Gasteiger partial charge in [-0.2, -0.15) is 5.10 Å². The topological polar surface area (TPSA) is 59.4 Å². The zero-order chi connectivity index (χ0) is 13.7. The summed E-state index contributed by atoms with van der Waals surface area (Å²) in [5, 5.41) is 7.24. The van der Waals surface area contributed by atoms with Gasteiger partial charge in [0.25, 0.3) is 5.91 Å². The summed E-state index contributed by atoms with van der Waals surface area (Å²) < 4.78 is 7.31. The lowest BCUT2D eigenvalue weighted by Gasteiger charge is -2.17. The first-order valence-corrected chi connectivity index (χ1v) is 5.99. The van der Waals surface area contributed by atoms with Gasteiger partial charge in [-0.05, 0) is 20.9 Å². The average Bonchev–Trinajstić information content (AvgIpc) is 2.58. The fourth-order valence-corrected chi connectivity index (χ4v) is 1.61. The summed E-state index contributed by atoms with van der Waals surface area (Å²) in [6.07, 6.45) is 0. The largest absolute Gasteiger partial charge is 0.480 e. The molecule has 0 saturated heterocycles. The molecule has 6 heteroatoms. The van der Waals surface area contributed by atoms with Crippen LogP contribution < -0.4 is 10.1 Å². The number of carbonyl (C=O) groups is 1. The molecule has 0 spiro atoms. The molecule has 18 heavy (non-hydrogen) atoms. The highest BCUT2D eigenvalue weighted by molar-refractivity contribution is 5.77. The number of nitrogens with zero attached hydrogens (tertiary/aromatic N) is 3.